The molecule has 1 amide bonds. The van der Waals surface area contributed by atoms with E-state index in [4.69, 9.17) is 0 Å². The molecule has 0 saturated carbocycles. The van der Waals surface area contributed by atoms with E-state index in [9.17, 15) is 4.79 Å². The summed E-state index contributed by atoms with van der Waals surface area (Å²) >= 11 is 0. The van der Waals surface area contributed by atoms with Crippen LogP contribution in [0.15, 0.2) is 30.3 Å². The summed E-state index contributed by atoms with van der Waals surface area (Å²) in [5.41, 5.74) is 1.31. The number of carbonyl (C=O) groups is 1. The third-order valence-corrected chi connectivity index (χ3v) is 4.57. The predicted molar refractivity (Wildman–Crippen MR) is 91.7 cm³/mol. The number of hydrogen-bond donors (Lipinski definition) is 1. The largest absolute Gasteiger partial charge is 0.354 e. The number of nitrogens with zero attached hydrogens (tertiary/aromatic N) is 1. The number of carbonyl (C=O) groups excluding carboxylic acids is 1. The van der Waals surface area contributed by atoms with Gasteiger partial charge in [-0.25, -0.2) is 0 Å². The van der Waals surface area contributed by atoms with Crippen LogP contribution >= 0.6 is 0 Å². The van der Waals surface area contributed by atoms with Gasteiger partial charge in [0, 0.05) is 13.0 Å². The van der Waals surface area contributed by atoms with Gasteiger partial charge in [0.1, 0.15) is 0 Å². The highest BCUT2D eigenvalue weighted by Gasteiger charge is 2.23. The molecule has 1 aliphatic heterocycles. The Kier molecular flexibility index (Phi) is 6.91. The molecule has 1 N–H and O–H groups in total. The van der Waals surface area contributed by atoms with Gasteiger partial charge in [-0.3, -0.25) is 9.69 Å². The summed E-state index contributed by atoms with van der Waals surface area (Å²) in [6, 6.07) is 10.9. The molecule has 22 heavy (non-hydrogen) atoms. The van der Waals surface area contributed by atoms with Gasteiger partial charge >= 0.3 is 0 Å². The Balaban J connectivity index is 1.91. The van der Waals surface area contributed by atoms with Crippen LogP contribution in [0.3, 0.4) is 0 Å². The molecule has 3 nitrogen and oxygen atoms in total. The monoisotopic (exact) mass is 302 g/mol. The van der Waals surface area contributed by atoms with Crippen molar-refractivity contribution in [3.63, 3.8) is 0 Å². The highest BCUT2D eigenvalue weighted by molar-refractivity contribution is 5.76. The fraction of sp³-hybridized carbons (Fsp3) is 0.632. The summed E-state index contributed by atoms with van der Waals surface area (Å²) in [6.07, 6.45) is 5.46. The summed E-state index contributed by atoms with van der Waals surface area (Å²) in [5.74, 6) is 0.674. The molecule has 1 fully saturated rings. The van der Waals surface area contributed by atoms with Gasteiger partial charge in [-0.15, -0.1) is 0 Å². The highest BCUT2D eigenvalue weighted by Crippen LogP contribution is 2.24. The van der Waals surface area contributed by atoms with Gasteiger partial charge in [-0.05, 0) is 37.4 Å². The van der Waals surface area contributed by atoms with E-state index in [0.29, 0.717) is 18.4 Å². The first kappa shape index (κ1) is 17.0. The maximum absolute atomic E-state index is 12.1. The van der Waals surface area contributed by atoms with Crippen LogP contribution in [0, 0.1) is 5.92 Å². The first-order valence-electron chi connectivity index (χ1n) is 8.76. The second kappa shape index (κ2) is 8.94. The molecule has 2 atom stereocenters. The Labute approximate surface area is 135 Å². The topological polar surface area (TPSA) is 32.3 Å². The van der Waals surface area contributed by atoms with Crippen molar-refractivity contribution in [2.24, 2.45) is 5.92 Å². The smallest absolute Gasteiger partial charge is 0.220 e. The Morgan fingerprint density at radius 1 is 1.23 bits per heavy atom. The lowest BCUT2D eigenvalue weighted by atomic mass is 10.0. The number of rotatable bonds is 8. The number of nitrogens with one attached hydrogen (secondary N) is 1. The Morgan fingerprint density at radius 2 is 1.91 bits per heavy atom. The lowest BCUT2D eigenvalue weighted by molar-refractivity contribution is -0.122. The lowest BCUT2D eigenvalue weighted by Gasteiger charge is -2.28. The van der Waals surface area contributed by atoms with Crippen molar-refractivity contribution in [1.82, 2.24) is 10.2 Å². The van der Waals surface area contributed by atoms with E-state index in [1.807, 2.05) is 0 Å². The van der Waals surface area contributed by atoms with Gasteiger partial charge in [0.25, 0.3) is 0 Å². The molecule has 0 radical (unpaired) electrons. The molecule has 0 spiro atoms. The van der Waals surface area contributed by atoms with E-state index >= 15 is 0 Å². The van der Waals surface area contributed by atoms with E-state index < -0.39 is 0 Å². The van der Waals surface area contributed by atoms with Crippen LogP contribution in [0.4, 0.5) is 0 Å². The number of benzene rings is 1. The van der Waals surface area contributed by atoms with Crippen molar-refractivity contribution in [2.75, 3.05) is 19.6 Å². The normalized spacial score (nSPS) is 18.1. The summed E-state index contributed by atoms with van der Waals surface area (Å²) < 4.78 is 0. The number of amides is 1. The Morgan fingerprint density at radius 3 is 2.55 bits per heavy atom. The van der Waals surface area contributed by atoms with E-state index in [0.717, 1.165) is 32.5 Å². The summed E-state index contributed by atoms with van der Waals surface area (Å²) in [4.78, 5) is 14.7. The fourth-order valence-electron chi connectivity index (χ4n) is 3.38. The maximum atomic E-state index is 12.1. The number of likely N-dealkylation sites (tertiary alicyclic amines) is 1. The minimum Gasteiger partial charge on any atom is -0.354 e. The predicted octanol–water partition coefficient (Wildman–Crippen LogP) is 3.77. The molecular weight excluding hydrogens is 272 g/mol. The van der Waals surface area contributed by atoms with Gasteiger partial charge < -0.3 is 5.32 Å². The van der Waals surface area contributed by atoms with Crippen LogP contribution in [0.1, 0.15) is 57.6 Å². The van der Waals surface area contributed by atoms with Crippen molar-refractivity contribution >= 4 is 5.91 Å². The molecule has 1 aromatic rings. The van der Waals surface area contributed by atoms with Gasteiger partial charge in [0.2, 0.25) is 5.91 Å². The van der Waals surface area contributed by atoms with Crippen LogP contribution in [0.2, 0.25) is 0 Å². The van der Waals surface area contributed by atoms with E-state index in [-0.39, 0.29) is 5.91 Å². The molecule has 2 rings (SSSR count). The van der Waals surface area contributed by atoms with Gasteiger partial charge in [0.05, 0.1) is 6.04 Å². The molecule has 1 saturated heterocycles. The van der Waals surface area contributed by atoms with Crippen molar-refractivity contribution in [1.29, 1.82) is 0 Å². The van der Waals surface area contributed by atoms with Crippen LogP contribution in [-0.4, -0.2) is 30.4 Å². The zero-order chi connectivity index (χ0) is 15.8. The standard InChI is InChI=1S/C19H30N2O/c1-3-9-16(2)14-19(22)20-15-18(21-12-7-8-13-21)17-10-5-4-6-11-17/h4-6,10-11,16,18H,3,7-9,12-15H2,1-2H3,(H,20,22). The van der Waals surface area contributed by atoms with E-state index in [2.05, 4.69) is 54.4 Å². The van der Waals surface area contributed by atoms with Crippen LogP contribution in [0.25, 0.3) is 0 Å². The average molecular weight is 302 g/mol. The average Bonchev–Trinajstić information content (AvgIpc) is 3.03. The molecular formula is C19H30N2O. The second-order valence-corrected chi connectivity index (χ2v) is 6.57. The van der Waals surface area contributed by atoms with Crippen molar-refractivity contribution in [3.05, 3.63) is 35.9 Å². The third-order valence-electron chi connectivity index (χ3n) is 4.57. The molecule has 1 heterocycles. The zero-order valence-electron chi connectivity index (χ0n) is 14.1. The molecule has 0 aliphatic carbocycles. The zero-order valence-corrected chi connectivity index (χ0v) is 14.1. The molecule has 3 heteroatoms. The number of hydrogen-bond acceptors (Lipinski definition) is 2. The maximum Gasteiger partial charge on any atom is 0.220 e. The Bertz CT molecular complexity index is 440. The molecule has 2 unspecified atom stereocenters. The molecule has 1 aliphatic rings. The van der Waals surface area contributed by atoms with Crippen molar-refractivity contribution < 1.29 is 4.79 Å². The molecule has 1 aromatic carbocycles. The van der Waals surface area contributed by atoms with Gasteiger partial charge in [0.15, 0.2) is 0 Å². The Hall–Kier alpha value is -1.35. The summed E-state index contributed by atoms with van der Waals surface area (Å²) in [5, 5.41) is 3.17. The molecule has 122 valence electrons. The minimum atomic E-state index is 0.195. The van der Waals surface area contributed by atoms with Crippen LogP contribution in [0.5, 0.6) is 0 Å². The van der Waals surface area contributed by atoms with Crippen LogP contribution < -0.4 is 5.32 Å². The van der Waals surface area contributed by atoms with Gasteiger partial charge in [-0.2, -0.15) is 0 Å². The van der Waals surface area contributed by atoms with Gasteiger partial charge in [-0.1, -0.05) is 57.0 Å². The first-order chi connectivity index (χ1) is 10.7. The third kappa shape index (κ3) is 5.13. The highest BCUT2D eigenvalue weighted by atomic mass is 16.1. The quantitative estimate of drug-likeness (QED) is 0.793. The SMILES string of the molecule is CCCC(C)CC(=O)NCC(c1ccccc1)N1CCCC1. The summed E-state index contributed by atoms with van der Waals surface area (Å²) in [6.45, 7) is 7.34. The van der Waals surface area contributed by atoms with Crippen molar-refractivity contribution in [2.45, 2.75) is 52.0 Å². The first-order valence-corrected chi connectivity index (χ1v) is 8.76. The van der Waals surface area contributed by atoms with E-state index in [1.165, 1.54) is 18.4 Å². The minimum absolute atomic E-state index is 0.195. The molecule has 0 aromatic heterocycles. The second-order valence-electron chi connectivity index (χ2n) is 6.57. The van der Waals surface area contributed by atoms with Crippen molar-refractivity contribution in [3.8, 4) is 0 Å². The summed E-state index contributed by atoms with van der Waals surface area (Å²) in [7, 11) is 0. The van der Waals surface area contributed by atoms with Crippen LogP contribution in [-0.2, 0) is 4.79 Å². The molecule has 0 bridgehead atoms. The van der Waals surface area contributed by atoms with E-state index in [1.54, 1.807) is 0 Å². The lowest BCUT2D eigenvalue weighted by Crippen LogP contribution is -2.37. The fourth-order valence-corrected chi connectivity index (χ4v) is 3.38.